The summed E-state index contributed by atoms with van der Waals surface area (Å²) in [4.78, 5) is 13.6. The van der Waals surface area contributed by atoms with Crippen molar-refractivity contribution < 1.29 is 0 Å². The number of benzene rings is 2. The molecule has 0 bridgehead atoms. The lowest BCUT2D eigenvalue weighted by atomic mass is 10.1. The Labute approximate surface area is 158 Å². The zero-order valence-electron chi connectivity index (χ0n) is 15.4. The van der Waals surface area contributed by atoms with Crippen LogP contribution in [-0.4, -0.2) is 15.0 Å². The highest BCUT2D eigenvalue weighted by Crippen LogP contribution is 2.24. The van der Waals surface area contributed by atoms with Gasteiger partial charge in [0.15, 0.2) is 0 Å². The van der Waals surface area contributed by atoms with E-state index in [0.717, 1.165) is 28.1 Å². The molecule has 5 heteroatoms. The fourth-order valence-electron chi connectivity index (χ4n) is 3.04. The van der Waals surface area contributed by atoms with E-state index in [2.05, 4.69) is 44.6 Å². The van der Waals surface area contributed by atoms with Gasteiger partial charge in [0.2, 0.25) is 5.95 Å². The summed E-state index contributed by atoms with van der Waals surface area (Å²) >= 11 is 0. The third-order valence-corrected chi connectivity index (χ3v) is 4.45. The molecular formula is C22H21N5. The topological polar surface area (TPSA) is 62.7 Å². The van der Waals surface area contributed by atoms with Crippen LogP contribution in [0.4, 0.5) is 17.5 Å². The first-order valence-electron chi connectivity index (χ1n) is 8.94. The van der Waals surface area contributed by atoms with Gasteiger partial charge >= 0.3 is 0 Å². The molecular weight excluding hydrogens is 334 g/mol. The van der Waals surface area contributed by atoms with Crippen LogP contribution in [-0.2, 0) is 6.54 Å². The monoisotopic (exact) mass is 355 g/mol. The summed E-state index contributed by atoms with van der Waals surface area (Å²) in [5.41, 5.74) is 5.22. The second kappa shape index (κ2) is 7.41. The molecule has 0 radical (unpaired) electrons. The van der Waals surface area contributed by atoms with Crippen molar-refractivity contribution in [1.29, 1.82) is 0 Å². The molecule has 5 nitrogen and oxygen atoms in total. The first-order valence-corrected chi connectivity index (χ1v) is 8.94. The van der Waals surface area contributed by atoms with Crippen LogP contribution < -0.4 is 10.6 Å². The zero-order valence-corrected chi connectivity index (χ0v) is 15.4. The van der Waals surface area contributed by atoms with Crippen LogP contribution in [0.1, 0.15) is 16.8 Å². The van der Waals surface area contributed by atoms with Crippen LogP contribution in [0.5, 0.6) is 0 Å². The molecule has 0 fully saturated rings. The highest BCUT2D eigenvalue weighted by atomic mass is 15.1. The van der Waals surface area contributed by atoms with Crippen LogP contribution in [0.25, 0.3) is 10.9 Å². The number of aromatic nitrogens is 3. The lowest BCUT2D eigenvalue weighted by Gasteiger charge is -2.12. The van der Waals surface area contributed by atoms with Crippen molar-refractivity contribution >= 4 is 28.4 Å². The predicted octanol–water partition coefficient (Wildman–Crippen LogP) is 5.00. The van der Waals surface area contributed by atoms with Gasteiger partial charge in [0, 0.05) is 29.9 Å². The molecule has 134 valence electrons. The highest BCUT2D eigenvalue weighted by molar-refractivity contribution is 5.91. The van der Waals surface area contributed by atoms with Crippen molar-refractivity contribution in [2.24, 2.45) is 0 Å². The Morgan fingerprint density at radius 3 is 2.63 bits per heavy atom. The summed E-state index contributed by atoms with van der Waals surface area (Å²) < 4.78 is 0. The van der Waals surface area contributed by atoms with Gasteiger partial charge in [-0.1, -0.05) is 42.5 Å². The second-order valence-corrected chi connectivity index (χ2v) is 6.50. The van der Waals surface area contributed by atoms with E-state index in [1.807, 2.05) is 55.5 Å². The van der Waals surface area contributed by atoms with Crippen molar-refractivity contribution in [2.75, 3.05) is 10.6 Å². The minimum Gasteiger partial charge on any atom is -0.350 e. The van der Waals surface area contributed by atoms with Gasteiger partial charge in [-0.15, -0.1) is 0 Å². The van der Waals surface area contributed by atoms with E-state index >= 15 is 0 Å². The van der Waals surface area contributed by atoms with Gasteiger partial charge < -0.3 is 10.6 Å². The molecule has 2 heterocycles. The average Bonchev–Trinajstić information content (AvgIpc) is 2.67. The molecule has 4 aromatic rings. The van der Waals surface area contributed by atoms with Gasteiger partial charge in [-0.25, -0.2) is 4.98 Å². The van der Waals surface area contributed by atoms with Gasteiger partial charge in [-0.3, -0.25) is 4.98 Å². The minimum atomic E-state index is 0.606. The number of hydrogen-bond acceptors (Lipinski definition) is 5. The first-order chi connectivity index (χ1) is 13.2. The number of aryl methyl sites for hydroxylation is 2. The molecule has 2 aromatic heterocycles. The Hall–Kier alpha value is -3.47. The zero-order chi connectivity index (χ0) is 18.6. The maximum atomic E-state index is 4.62. The largest absolute Gasteiger partial charge is 0.350 e. The Kier molecular flexibility index (Phi) is 4.66. The van der Waals surface area contributed by atoms with Crippen LogP contribution in [0, 0.1) is 13.8 Å². The molecule has 0 atom stereocenters. The SMILES string of the molecule is Cc1cc(Nc2cccc3cccnc23)nc(NCc2ccccc2C)n1. The molecule has 0 spiro atoms. The van der Waals surface area contributed by atoms with Crippen LogP contribution in [0.15, 0.2) is 66.9 Å². The Bertz CT molecular complexity index is 1090. The standard InChI is InChI=1S/C22H21N5/c1-15-7-3-4-8-18(15)14-24-22-25-16(2)13-20(27-22)26-19-11-5-9-17-10-6-12-23-21(17)19/h3-13H,14H2,1-2H3,(H2,24,25,26,27). The second-order valence-electron chi connectivity index (χ2n) is 6.50. The number of fused-ring (bicyclic) bond motifs is 1. The van der Waals surface area contributed by atoms with Crippen molar-refractivity contribution in [3.8, 4) is 0 Å². The third kappa shape index (κ3) is 3.87. The molecule has 2 aromatic carbocycles. The summed E-state index contributed by atoms with van der Waals surface area (Å²) in [5.74, 6) is 1.35. The smallest absolute Gasteiger partial charge is 0.225 e. The van der Waals surface area contributed by atoms with E-state index in [1.54, 1.807) is 6.20 Å². The third-order valence-electron chi connectivity index (χ3n) is 4.45. The Balaban J connectivity index is 1.58. The van der Waals surface area contributed by atoms with Gasteiger partial charge in [-0.2, -0.15) is 4.98 Å². The van der Waals surface area contributed by atoms with Crippen LogP contribution in [0.3, 0.4) is 0 Å². The molecule has 0 saturated carbocycles. The fraction of sp³-hybridized carbons (Fsp3) is 0.136. The number of pyridine rings is 1. The minimum absolute atomic E-state index is 0.606. The molecule has 0 aliphatic rings. The fourth-order valence-corrected chi connectivity index (χ4v) is 3.04. The van der Waals surface area contributed by atoms with E-state index in [-0.39, 0.29) is 0 Å². The summed E-state index contributed by atoms with van der Waals surface area (Å²) in [6.45, 7) is 4.76. The van der Waals surface area contributed by atoms with E-state index < -0.39 is 0 Å². The van der Waals surface area contributed by atoms with Crippen LogP contribution in [0.2, 0.25) is 0 Å². The molecule has 0 amide bonds. The van der Waals surface area contributed by atoms with Crippen molar-refractivity contribution in [2.45, 2.75) is 20.4 Å². The maximum absolute atomic E-state index is 4.62. The summed E-state index contributed by atoms with van der Waals surface area (Å²) in [5, 5.41) is 7.80. The molecule has 27 heavy (non-hydrogen) atoms. The number of nitrogens with zero attached hydrogens (tertiary/aromatic N) is 3. The molecule has 0 aliphatic heterocycles. The number of hydrogen-bond donors (Lipinski definition) is 2. The molecule has 2 N–H and O–H groups in total. The number of anilines is 3. The normalized spacial score (nSPS) is 10.7. The van der Waals surface area contributed by atoms with E-state index in [4.69, 9.17) is 0 Å². The van der Waals surface area contributed by atoms with E-state index in [0.29, 0.717) is 12.5 Å². The van der Waals surface area contributed by atoms with E-state index in [9.17, 15) is 0 Å². The maximum Gasteiger partial charge on any atom is 0.225 e. The molecule has 4 rings (SSSR count). The molecule has 0 unspecified atom stereocenters. The predicted molar refractivity (Wildman–Crippen MR) is 110 cm³/mol. The summed E-state index contributed by atoms with van der Waals surface area (Å²) in [6, 6.07) is 20.3. The molecule has 0 saturated heterocycles. The van der Waals surface area contributed by atoms with Crippen LogP contribution >= 0.6 is 0 Å². The lowest BCUT2D eigenvalue weighted by molar-refractivity contribution is 1.02. The lowest BCUT2D eigenvalue weighted by Crippen LogP contribution is -2.07. The van der Waals surface area contributed by atoms with Crippen molar-refractivity contribution in [3.63, 3.8) is 0 Å². The summed E-state index contributed by atoms with van der Waals surface area (Å²) in [7, 11) is 0. The van der Waals surface area contributed by atoms with Gasteiger partial charge in [0.05, 0.1) is 11.2 Å². The number of para-hydroxylation sites is 1. The van der Waals surface area contributed by atoms with Gasteiger partial charge in [-0.05, 0) is 37.1 Å². The summed E-state index contributed by atoms with van der Waals surface area (Å²) in [6.07, 6.45) is 1.80. The van der Waals surface area contributed by atoms with Gasteiger partial charge in [0.25, 0.3) is 0 Å². The Morgan fingerprint density at radius 1 is 0.889 bits per heavy atom. The number of rotatable bonds is 5. The number of nitrogens with one attached hydrogen (secondary N) is 2. The molecule has 0 aliphatic carbocycles. The highest BCUT2D eigenvalue weighted by Gasteiger charge is 2.06. The Morgan fingerprint density at radius 2 is 1.74 bits per heavy atom. The average molecular weight is 355 g/mol. The quantitative estimate of drug-likeness (QED) is 0.528. The van der Waals surface area contributed by atoms with Crippen molar-refractivity contribution in [3.05, 3.63) is 83.7 Å². The van der Waals surface area contributed by atoms with Gasteiger partial charge in [0.1, 0.15) is 5.82 Å². The first kappa shape index (κ1) is 17.0. The van der Waals surface area contributed by atoms with E-state index in [1.165, 1.54) is 11.1 Å². The van der Waals surface area contributed by atoms with Crippen molar-refractivity contribution in [1.82, 2.24) is 15.0 Å².